The molecule has 0 saturated carbocycles. The van der Waals surface area contributed by atoms with E-state index in [1.54, 1.807) is 12.1 Å². The number of nitrogens with one attached hydrogen (secondary N) is 1. The van der Waals surface area contributed by atoms with E-state index < -0.39 is 0 Å². The van der Waals surface area contributed by atoms with Crippen LogP contribution in [0.15, 0.2) is 22.7 Å². The Balaban J connectivity index is 2.19. The van der Waals surface area contributed by atoms with Crippen molar-refractivity contribution < 1.29 is 9.13 Å². The number of halogens is 2. The molecule has 1 fully saturated rings. The predicted molar refractivity (Wildman–Crippen MR) is 74.1 cm³/mol. The molecule has 2 nitrogen and oxygen atoms in total. The molecular weight excluding hydrogens is 297 g/mol. The second-order valence-electron chi connectivity index (χ2n) is 4.67. The average molecular weight is 316 g/mol. The zero-order valence-electron chi connectivity index (χ0n) is 10.6. The number of hydrogen-bond acceptors (Lipinski definition) is 2. The fourth-order valence-corrected chi connectivity index (χ4v) is 2.93. The summed E-state index contributed by atoms with van der Waals surface area (Å²) in [6.07, 6.45) is 2.20. The summed E-state index contributed by atoms with van der Waals surface area (Å²) in [5.41, 5.74) is 0.928. The summed E-state index contributed by atoms with van der Waals surface area (Å²) < 4.78 is 20.2. The van der Waals surface area contributed by atoms with Gasteiger partial charge in [-0.3, -0.25) is 0 Å². The minimum absolute atomic E-state index is 0.0112. The van der Waals surface area contributed by atoms with Gasteiger partial charge in [-0.05, 0) is 43.1 Å². The Morgan fingerprint density at radius 1 is 1.50 bits per heavy atom. The molecule has 0 spiro atoms. The van der Waals surface area contributed by atoms with Gasteiger partial charge < -0.3 is 10.1 Å². The Hall–Kier alpha value is -0.450. The van der Waals surface area contributed by atoms with Gasteiger partial charge in [-0.1, -0.05) is 22.9 Å². The van der Waals surface area contributed by atoms with Crippen LogP contribution in [0.4, 0.5) is 4.39 Å². The van der Waals surface area contributed by atoms with E-state index in [0.29, 0.717) is 5.92 Å². The Morgan fingerprint density at radius 2 is 2.33 bits per heavy atom. The van der Waals surface area contributed by atoms with Crippen LogP contribution in [0.5, 0.6) is 0 Å². The zero-order chi connectivity index (χ0) is 13.0. The highest BCUT2D eigenvalue weighted by Gasteiger charge is 2.28. The summed E-state index contributed by atoms with van der Waals surface area (Å²) >= 11 is 3.49. The maximum atomic E-state index is 13.4. The smallest absolute Gasteiger partial charge is 0.123 e. The van der Waals surface area contributed by atoms with E-state index in [4.69, 9.17) is 4.74 Å². The van der Waals surface area contributed by atoms with Crippen LogP contribution in [-0.4, -0.2) is 19.7 Å². The minimum Gasteiger partial charge on any atom is -0.373 e. The van der Waals surface area contributed by atoms with Gasteiger partial charge in [0.2, 0.25) is 0 Å². The van der Waals surface area contributed by atoms with Crippen molar-refractivity contribution in [1.82, 2.24) is 5.32 Å². The maximum absolute atomic E-state index is 13.4. The maximum Gasteiger partial charge on any atom is 0.123 e. The van der Waals surface area contributed by atoms with Gasteiger partial charge >= 0.3 is 0 Å². The third kappa shape index (κ3) is 3.31. The van der Waals surface area contributed by atoms with Crippen molar-refractivity contribution in [2.24, 2.45) is 5.92 Å². The number of benzene rings is 1. The second kappa shape index (κ2) is 6.64. The molecule has 0 aliphatic carbocycles. The molecule has 0 bridgehead atoms. The Labute approximate surface area is 116 Å². The number of ether oxygens (including phenoxy) is 1. The number of rotatable bonds is 4. The van der Waals surface area contributed by atoms with Crippen LogP contribution in [-0.2, 0) is 4.74 Å². The SMILES string of the molecule is CCNCC1CCCOC1c1cc(F)ccc1Br. The van der Waals surface area contributed by atoms with E-state index in [9.17, 15) is 4.39 Å². The monoisotopic (exact) mass is 315 g/mol. The van der Waals surface area contributed by atoms with E-state index in [1.165, 1.54) is 6.07 Å². The zero-order valence-corrected chi connectivity index (χ0v) is 12.2. The Morgan fingerprint density at radius 3 is 3.11 bits per heavy atom. The van der Waals surface area contributed by atoms with E-state index in [1.807, 2.05) is 0 Å². The van der Waals surface area contributed by atoms with Gasteiger partial charge in [-0.2, -0.15) is 0 Å². The van der Waals surface area contributed by atoms with Crippen LogP contribution in [0, 0.1) is 11.7 Å². The van der Waals surface area contributed by atoms with Crippen LogP contribution in [0.1, 0.15) is 31.4 Å². The Bertz CT molecular complexity index is 399. The van der Waals surface area contributed by atoms with E-state index >= 15 is 0 Å². The lowest BCUT2D eigenvalue weighted by Crippen LogP contribution is -2.32. The quantitative estimate of drug-likeness (QED) is 0.915. The molecule has 2 atom stereocenters. The average Bonchev–Trinajstić information content (AvgIpc) is 2.39. The standard InChI is InChI=1S/C14H19BrFNO/c1-2-17-9-10-4-3-7-18-14(10)12-8-11(16)5-6-13(12)15/h5-6,8,10,14,17H,2-4,7,9H2,1H3. The largest absolute Gasteiger partial charge is 0.373 e. The van der Waals surface area contributed by atoms with Gasteiger partial charge in [0.1, 0.15) is 5.82 Å². The molecule has 18 heavy (non-hydrogen) atoms. The number of hydrogen-bond donors (Lipinski definition) is 1. The molecule has 1 saturated heterocycles. The van der Waals surface area contributed by atoms with Crippen LogP contribution in [0.25, 0.3) is 0 Å². The molecule has 4 heteroatoms. The van der Waals surface area contributed by atoms with Crippen LogP contribution in [0.2, 0.25) is 0 Å². The first-order valence-corrected chi connectivity index (χ1v) is 7.29. The van der Waals surface area contributed by atoms with Crippen molar-refractivity contribution >= 4 is 15.9 Å². The Kier molecular flexibility index (Phi) is 5.15. The van der Waals surface area contributed by atoms with Crippen LogP contribution >= 0.6 is 15.9 Å². The van der Waals surface area contributed by atoms with Gasteiger partial charge in [0, 0.05) is 23.5 Å². The third-order valence-electron chi connectivity index (χ3n) is 3.37. The van der Waals surface area contributed by atoms with Crippen molar-refractivity contribution in [1.29, 1.82) is 0 Å². The van der Waals surface area contributed by atoms with Crippen molar-refractivity contribution in [3.63, 3.8) is 0 Å². The van der Waals surface area contributed by atoms with Gasteiger partial charge in [0.05, 0.1) is 6.10 Å². The molecule has 1 aromatic carbocycles. The topological polar surface area (TPSA) is 21.3 Å². The van der Waals surface area contributed by atoms with Crippen LogP contribution < -0.4 is 5.32 Å². The molecule has 2 rings (SSSR count). The molecule has 1 heterocycles. The lowest BCUT2D eigenvalue weighted by atomic mass is 9.89. The molecule has 0 aromatic heterocycles. The van der Waals surface area contributed by atoms with Crippen molar-refractivity contribution in [2.75, 3.05) is 19.7 Å². The first-order valence-electron chi connectivity index (χ1n) is 6.49. The molecule has 100 valence electrons. The molecule has 1 N–H and O–H groups in total. The molecular formula is C14H19BrFNO. The highest BCUT2D eigenvalue weighted by atomic mass is 79.9. The second-order valence-corrected chi connectivity index (χ2v) is 5.52. The summed E-state index contributed by atoms with van der Waals surface area (Å²) in [5.74, 6) is 0.210. The highest BCUT2D eigenvalue weighted by Crippen LogP contribution is 2.37. The predicted octanol–water partition coefficient (Wildman–Crippen LogP) is 3.67. The first-order chi connectivity index (χ1) is 8.72. The highest BCUT2D eigenvalue weighted by molar-refractivity contribution is 9.10. The first kappa shape index (κ1) is 14.0. The summed E-state index contributed by atoms with van der Waals surface area (Å²) in [5, 5.41) is 3.36. The fraction of sp³-hybridized carbons (Fsp3) is 0.571. The minimum atomic E-state index is -0.204. The van der Waals surface area contributed by atoms with Gasteiger partial charge in [-0.25, -0.2) is 4.39 Å². The van der Waals surface area contributed by atoms with E-state index in [0.717, 1.165) is 42.6 Å². The summed E-state index contributed by atoms with van der Waals surface area (Å²) in [7, 11) is 0. The lowest BCUT2D eigenvalue weighted by molar-refractivity contribution is -0.0281. The van der Waals surface area contributed by atoms with Crippen molar-refractivity contribution in [3.8, 4) is 0 Å². The van der Waals surface area contributed by atoms with Crippen molar-refractivity contribution in [3.05, 3.63) is 34.1 Å². The molecule has 1 aromatic rings. The molecule has 0 amide bonds. The normalized spacial score (nSPS) is 24.2. The fourth-order valence-electron chi connectivity index (χ4n) is 2.46. The summed E-state index contributed by atoms with van der Waals surface area (Å²) in [4.78, 5) is 0. The summed E-state index contributed by atoms with van der Waals surface area (Å²) in [6, 6.07) is 4.81. The molecule has 2 unspecified atom stereocenters. The van der Waals surface area contributed by atoms with E-state index in [-0.39, 0.29) is 11.9 Å². The lowest BCUT2D eigenvalue weighted by Gasteiger charge is -2.32. The molecule has 1 aliphatic heterocycles. The van der Waals surface area contributed by atoms with Gasteiger partial charge in [0.15, 0.2) is 0 Å². The third-order valence-corrected chi connectivity index (χ3v) is 4.09. The van der Waals surface area contributed by atoms with Gasteiger partial charge in [-0.15, -0.1) is 0 Å². The van der Waals surface area contributed by atoms with E-state index in [2.05, 4.69) is 28.2 Å². The van der Waals surface area contributed by atoms with Crippen LogP contribution in [0.3, 0.4) is 0 Å². The molecule has 1 aliphatic rings. The van der Waals surface area contributed by atoms with Crippen molar-refractivity contribution in [2.45, 2.75) is 25.9 Å². The van der Waals surface area contributed by atoms with Gasteiger partial charge in [0.25, 0.3) is 0 Å². The molecule has 0 radical (unpaired) electrons. The summed E-state index contributed by atoms with van der Waals surface area (Å²) in [6.45, 7) is 4.73.